The molecule has 144 valence electrons. The van der Waals surface area contributed by atoms with Gasteiger partial charge in [0.25, 0.3) is 0 Å². The van der Waals surface area contributed by atoms with Crippen LogP contribution in [0, 0.1) is 0 Å². The van der Waals surface area contributed by atoms with Crippen LogP contribution in [-0.4, -0.2) is 31.3 Å². The van der Waals surface area contributed by atoms with Crippen molar-refractivity contribution in [2.45, 2.75) is 33.2 Å². The molecule has 0 aliphatic rings. The molecule has 2 aromatic rings. The van der Waals surface area contributed by atoms with Crippen LogP contribution in [0.1, 0.15) is 30.9 Å². The van der Waals surface area contributed by atoms with Gasteiger partial charge in [0.05, 0.1) is 12.2 Å². The van der Waals surface area contributed by atoms with Gasteiger partial charge in [-0.15, -0.1) is 24.0 Å². The Bertz CT molecular complexity index is 667. The molecule has 0 amide bonds. The lowest BCUT2D eigenvalue weighted by molar-refractivity contribution is 0.322. The average molecular weight is 537 g/mol. The van der Waals surface area contributed by atoms with E-state index in [9.17, 15) is 0 Å². The highest BCUT2D eigenvalue weighted by Crippen LogP contribution is 2.16. The van der Waals surface area contributed by atoms with Gasteiger partial charge in [-0.2, -0.15) is 0 Å². The Hall–Kier alpha value is -1.29. The predicted molar refractivity (Wildman–Crippen MR) is 119 cm³/mol. The number of hydrogen-bond donors (Lipinski definition) is 2. The van der Waals surface area contributed by atoms with Gasteiger partial charge in [-0.05, 0) is 30.7 Å². The van der Waals surface area contributed by atoms with Gasteiger partial charge in [0, 0.05) is 30.0 Å². The van der Waals surface area contributed by atoms with Crippen molar-refractivity contribution in [2.75, 3.05) is 20.2 Å². The number of aryl methyl sites for hydroxylation is 2. The molecular formula is C18H26BrIN4O2. The molecule has 1 aromatic carbocycles. The predicted octanol–water partition coefficient (Wildman–Crippen LogP) is 3.92. The lowest BCUT2D eigenvalue weighted by atomic mass is 10.1. The second-order valence-electron chi connectivity index (χ2n) is 5.39. The summed E-state index contributed by atoms with van der Waals surface area (Å²) in [5.41, 5.74) is 2.12. The summed E-state index contributed by atoms with van der Waals surface area (Å²) < 4.78 is 12.1. The normalized spacial score (nSPS) is 11.0. The molecule has 0 spiro atoms. The maximum Gasteiger partial charge on any atom is 0.191 e. The van der Waals surface area contributed by atoms with Crippen molar-refractivity contribution < 1.29 is 9.26 Å². The Morgan fingerprint density at radius 3 is 2.54 bits per heavy atom. The molecule has 0 fully saturated rings. The van der Waals surface area contributed by atoms with Crippen molar-refractivity contribution in [3.63, 3.8) is 0 Å². The van der Waals surface area contributed by atoms with E-state index in [0.717, 1.165) is 46.0 Å². The van der Waals surface area contributed by atoms with Crippen LogP contribution in [0.3, 0.4) is 0 Å². The van der Waals surface area contributed by atoms with Crippen LogP contribution in [0.5, 0.6) is 5.75 Å². The molecule has 0 aliphatic carbocycles. The first kappa shape index (κ1) is 22.8. The zero-order chi connectivity index (χ0) is 18.1. The van der Waals surface area contributed by atoms with Gasteiger partial charge in [0.2, 0.25) is 0 Å². The molecule has 0 atom stereocenters. The highest BCUT2D eigenvalue weighted by atomic mass is 127. The molecular weight excluding hydrogens is 511 g/mol. The SMILES string of the molecule is CCc1noc(CC)c1CNC(=NC)NCCOc1ccc(Br)cc1.I. The average Bonchev–Trinajstić information content (AvgIpc) is 3.04. The minimum Gasteiger partial charge on any atom is -0.492 e. The fraction of sp³-hybridized carbons (Fsp3) is 0.444. The number of benzene rings is 1. The van der Waals surface area contributed by atoms with E-state index in [1.807, 2.05) is 24.3 Å². The molecule has 26 heavy (non-hydrogen) atoms. The van der Waals surface area contributed by atoms with Crippen molar-refractivity contribution in [1.82, 2.24) is 15.8 Å². The van der Waals surface area contributed by atoms with Gasteiger partial charge in [-0.3, -0.25) is 4.99 Å². The van der Waals surface area contributed by atoms with E-state index in [4.69, 9.17) is 9.26 Å². The zero-order valence-corrected chi connectivity index (χ0v) is 19.3. The van der Waals surface area contributed by atoms with Crippen molar-refractivity contribution in [3.8, 4) is 5.75 Å². The first-order valence-corrected chi connectivity index (χ1v) is 9.26. The summed E-state index contributed by atoms with van der Waals surface area (Å²) in [6, 6.07) is 7.78. The van der Waals surface area contributed by atoms with E-state index in [2.05, 4.69) is 50.6 Å². The molecule has 0 saturated carbocycles. The molecule has 0 unspecified atom stereocenters. The van der Waals surface area contributed by atoms with Gasteiger partial charge in [-0.25, -0.2) is 0 Å². The Balaban J connectivity index is 0.00000338. The number of aromatic nitrogens is 1. The summed E-state index contributed by atoms with van der Waals surface area (Å²) in [5, 5.41) is 10.7. The maximum atomic E-state index is 5.69. The number of ether oxygens (including phenoxy) is 1. The molecule has 2 N–H and O–H groups in total. The first-order chi connectivity index (χ1) is 12.2. The Morgan fingerprint density at radius 2 is 1.92 bits per heavy atom. The van der Waals surface area contributed by atoms with Crippen molar-refractivity contribution in [3.05, 3.63) is 45.8 Å². The Kier molecular flexibility index (Phi) is 10.6. The molecule has 0 aliphatic heterocycles. The number of nitrogens with zero attached hydrogens (tertiary/aromatic N) is 2. The van der Waals surface area contributed by atoms with Crippen LogP contribution in [0.2, 0.25) is 0 Å². The molecule has 1 heterocycles. The highest BCUT2D eigenvalue weighted by Gasteiger charge is 2.13. The summed E-state index contributed by atoms with van der Waals surface area (Å²) in [4.78, 5) is 4.24. The van der Waals surface area contributed by atoms with E-state index >= 15 is 0 Å². The van der Waals surface area contributed by atoms with E-state index in [1.54, 1.807) is 7.05 Å². The fourth-order valence-corrected chi connectivity index (χ4v) is 2.66. The summed E-state index contributed by atoms with van der Waals surface area (Å²) in [6.45, 7) is 5.99. The second-order valence-corrected chi connectivity index (χ2v) is 6.31. The van der Waals surface area contributed by atoms with E-state index in [0.29, 0.717) is 19.7 Å². The van der Waals surface area contributed by atoms with Crippen molar-refractivity contribution in [2.24, 2.45) is 4.99 Å². The number of guanidine groups is 1. The van der Waals surface area contributed by atoms with Gasteiger partial charge in [0.1, 0.15) is 18.1 Å². The Morgan fingerprint density at radius 1 is 1.19 bits per heavy atom. The highest BCUT2D eigenvalue weighted by molar-refractivity contribution is 14.0. The van der Waals surface area contributed by atoms with Crippen LogP contribution in [-0.2, 0) is 19.4 Å². The van der Waals surface area contributed by atoms with E-state index < -0.39 is 0 Å². The minimum absolute atomic E-state index is 0. The van der Waals surface area contributed by atoms with Crippen molar-refractivity contribution >= 4 is 45.9 Å². The van der Waals surface area contributed by atoms with Crippen LogP contribution >= 0.6 is 39.9 Å². The quantitative estimate of drug-likeness (QED) is 0.231. The largest absolute Gasteiger partial charge is 0.492 e. The monoisotopic (exact) mass is 536 g/mol. The number of nitrogens with one attached hydrogen (secondary N) is 2. The molecule has 0 bridgehead atoms. The fourth-order valence-electron chi connectivity index (χ4n) is 2.40. The smallest absolute Gasteiger partial charge is 0.191 e. The third kappa shape index (κ3) is 6.79. The van der Waals surface area contributed by atoms with Crippen LogP contribution < -0.4 is 15.4 Å². The molecule has 0 saturated heterocycles. The maximum absolute atomic E-state index is 5.69. The van der Waals surface area contributed by atoms with Gasteiger partial charge in [0.15, 0.2) is 5.96 Å². The third-order valence-electron chi connectivity index (χ3n) is 3.74. The number of hydrogen-bond acceptors (Lipinski definition) is 4. The molecule has 8 heteroatoms. The van der Waals surface area contributed by atoms with Gasteiger partial charge < -0.3 is 19.9 Å². The standard InChI is InChI=1S/C18H25BrN4O2.HI/c1-4-16-15(17(5-2)25-23-16)12-22-18(20-3)21-10-11-24-14-8-6-13(19)7-9-14;/h6-9H,4-5,10-12H2,1-3H3,(H2,20,21,22);1H. The van der Waals surface area contributed by atoms with Crippen LogP contribution in [0.25, 0.3) is 0 Å². The number of rotatable bonds is 8. The van der Waals surface area contributed by atoms with Crippen molar-refractivity contribution in [1.29, 1.82) is 0 Å². The lowest BCUT2D eigenvalue weighted by Gasteiger charge is -2.13. The molecule has 6 nitrogen and oxygen atoms in total. The summed E-state index contributed by atoms with van der Waals surface area (Å²) in [6.07, 6.45) is 1.69. The van der Waals surface area contributed by atoms with E-state index in [1.165, 1.54) is 0 Å². The summed E-state index contributed by atoms with van der Waals surface area (Å²) >= 11 is 3.41. The third-order valence-corrected chi connectivity index (χ3v) is 4.27. The first-order valence-electron chi connectivity index (χ1n) is 8.47. The topological polar surface area (TPSA) is 71.7 Å². The summed E-state index contributed by atoms with van der Waals surface area (Å²) in [5.74, 6) is 2.50. The molecule has 0 radical (unpaired) electrons. The van der Waals surface area contributed by atoms with Crippen LogP contribution in [0.15, 0.2) is 38.3 Å². The molecule has 1 aromatic heterocycles. The van der Waals surface area contributed by atoms with E-state index in [-0.39, 0.29) is 24.0 Å². The lowest BCUT2D eigenvalue weighted by Crippen LogP contribution is -2.39. The summed E-state index contributed by atoms with van der Waals surface area (Å²) in [7, 11) is 1.75. The van der Waals surface area contributed by atoms with Gasteiger partial charge in [-0.1, -0.05) is 34.9 Å². The van der Waals surface area contributed by atoms with Gasteiger partial charge >= 0.3 is 0 Å². The number of halogens is 2. The second kappa shape index (κ2) is 12.2. The zero-order valence-electron chi connectivity index (χ0n) is 15.3. The minimum atomic E-state index is 0. The molecule has 2 rings (SSSR count). The Labute approximate surface area is 180 Å². The number of aliphatic imine (C=N–C) groups is 1. The van der Waals surface area contributed by atoms with Crippen LogP contribution in [0.4, 0.5) is 0 Å².